The first-order valence-corrected chi connectivity index (χ1v) is 11.9. The van der Waals surface area contributed by atoms with E-state index < -0.39 is 22.0 Å². The number of carbonyl (C=O) groups is 2. The molecule has 0 spiro atoms. The third-order valence-corrected chi connectivity index (χ3v) is 7.49. The average Bonchev–Trinajstić information content (AvgIpc) is 2.82. The van der Waals surface area contributed by atoms with Gasteiger partial charge in [-0.25, -0.2) is 8.42 Å². The van der Waals surface area contributed by atoms with Crippen LogP contribution in [-0.4, -0.2) is 39.4 Å². The molecule has 1 N–H and O–H groups in total. The van der Waals surface area contributed by atoms with Crippen LogP contribution in [-0.2, 0) is 19.6 Å². The molecule has 0 aliphatic carbocycles. The van der Waals surface area contributed by atoms with Crippen LogP contribution in [0.4, 0.5) is 17.1 Å². The molecule has 2 aliphatic heterocycles. The number of carbonyl (C=O) groups excluding carboxylic acids is 2. The van der Waals surface area contributed by atoms with Crippen LogP contribution in [0.1, 0.15) is 0 Å². The van der Waals surface area contributed by atoms with Crippen LogP contribution in [0.5, 0.6) is 5.75 Å². The summed E-state index contributed by atoms with van der Waals surface area (Å²) in [4.78, 5) is 27.1. The van der Waals surface area contributed by atoms with Gasteiger partial charge in [0.05, 0.1) is 28.5 Å². The molecule has 0 unspecified atom stereocenters. The third kappa shape index (κ3) is 3.79. The van der Waals surface area contributed by atoms with Crippen molar-refractivity contribution >= 4 is 50.5 Å². The second kappa shape index (κ2) is 8.09. The lowest BCUT2D eigenvalue weighted by molar-refractivity contribution is -0.127. The van der Waals surface area contributed by atoms with Crippen molar-refractivity contribution in [2.75, 3.05) is 27.6 Å². The molecule has 3 aromatic carbocycles. The molecule has 0 saturated carbocycles. The number of para-hydroxylation sites is 4. The van der Waals surface area contributed by atoms with E-state index in [1.54, 1.807) is 48.5 Å². The van der Waals surface area contributed by atoms with Crippen molar-refractivity contribution in [3.8, 4) is 5.75 Å². The van der Waals surface area contributed by atoms with Gasteiger partial charge in [0.1, 0.15) is 12.3 Å². The first-order valence-electron chi connectivity index (χ1n) is 10.1. The summed E-state index contributed by atoms with van der Waals surface area (Å²) in [7, 11) is -4.02. The fourth-order valence-corrected chi connectivity index (χ4v) is 5.50. The molecular formula is C23H18ClN3O5S. The molecule has 168 valence electrons. The van der Waals surface area contributed by atoms with Crippen molar-refractivity contribution in [1.82, 2.24) is 0 Å². The van der Waals surface area contributed by atoms with Gasteiger partial charge in [0, 0.05) is 5.02 Å². The summed E-state index contributed by atoms with van der Waals surface area (Å²) in [6.45, 7) is -0.442. The fourth-order valence-electron chi connectivity index (χ4n) is 3.90. The van der Waals surface area contributed by atoms with Crippen LogP contribution in [0.3, 0.4) is 0 Å². The van der Waals surface area contributed by atoms with Crippen LogP contribution >= 0.6 is 11.6 Å². The maximum atomic E-state index is 13.5. The van der Waals surface area contributed by atoms with E-state index in [-0.39, 0.29) is 29.6 Å². The van der Waals surface area contributed by atoms with E-state index >= 15 is 0 Å². The number of halogens is 1. The predicted octanol–water partition coefficient (Wildman–Crippen LogP) is 3.28. The molecule has 0 bridgehead atoms. The summed E-state index contributed by atoms with van der Waals surface area (Å²) in [5.74, 6) is -0.596. The number of sulfonamides is 1. The Morgan fingerprint density at radius 2 is 1.64 bits per heavy atom. The van der Waals surface area contributed by atoms with E-state index in [1.807, 2.05) is 0 Å². The highest BCUT2D eigenvalue weighted by molar-refractivity contribution is 7.92. The minimum Gasteiger partial charge on any atom is -0.476 e. The van der Waals surface area contributed by atoms with E-state index in [1.165, 1.54) is 29.2 Å². The Balaban J connectivity index is 1.53. The number of fused-ring (bicyclic) bond motifs is 2. The van der Waals surface area contributed by atoms with Gasteiger partial charge >= 0.3 is 0 Å². The fraction of sp³-hybridized carbons (Fsp3) is 0.130. The summed E-state index contributed by atoms with van der Waals surface area (Å²) < 4.78 is 34.1. The van der Waals surface area contributed by atoms with Crippen LogP contribution < -0.4 is 19.3 Å². The van der Waals surface area contributed by atoms with Crippen LogP contribution in [0.25, 0.3) is 0 Å². The van der Waals surface area contributed by atoms with Crippen molar-refractivity contribution in [2.24, 2.45) is 0 Å². The summed E-state index contributed by atoms with van der Waals surface area (Å²) in [5.41, 5.74) is 1.36. The number of benzene rings is 3. The van der Waals surface area contributed by atoms with Gasteiger partial charge in [-0.15, -0.1) is 0 Å². The zero-order valence-corrected chi connectivity index (χ0v) is 18.7. The van der Waals surface area contributed by atoms with Gasteiger partial charge in [0.25, 0.3) is 15.9 Å². The molecule has 33 heavy (non-hydrogen) atoms. The Kier molecular flexibility index (Phi) is 5.22. The lowest BCUT2D eigenvalue weighted by Gasteiger charge is -2.37. The first kappa shape index (κ1) is 21.3. The number of hydrogen-bond acceptors (Lipinski definition) is 5. The lowest BCUT2D eigenvalue weighted by Crippen LogP contribution is -2.54. The second-order valence-electron chi connectivity index (χ2n) is 7.55. The Bertz CT molecular complexity index is 1360. The highest BCUT2D eigenvalue weighted by atomic mass is 35.5. The number of nitrogens with zero attached hydrogens (tertiary/aromatic N) is 2. The van der Waals surface area contributed by atoms with E-state index in [0.717, 1.165) is 4.31 Å². The molecule has 0 fully saturated rings. The molecule has 5 rings (SSSR count). The van der Waals surface area contributed by atoms with Crippen molar-refractivity contribution in [3.63, 3.8) is 0 Å². The van der Waals surface area contributed by atoms with Gasteiger partial charge in [-0.2, -0.15) is 0 Å². The predicted molar refractivity (Wildman–Crippen MR) is 124 cm³/mol. The standard InChI is InChI=1S/C23H18ClN3O5S/c24-15-9-11-16(12-10-15)33(30,31)27-13-21(32-20-8-4-3-7-19(20)27)23(29)26-14-22(28)25-17-5-1-2-6-18(17)26/h1-12,21H,13-14H2,(H,25,28)/t21-/m1/s1. The molecular weight excluding hydrogens is 466 g/mol. The van der Waals surface area contributed by atoms with Gasteiger partial charge in [-0.1, -0.05) is 35.9 Å². The quantitative estimate of drug-likeness (QED) is 0.616. The molecule has 10 heteroatoms. The lowest BCUT2D eigenvalue weighted by atomic mass is 10.1. The number of anilines is 3. The van der Waals surface area contributed by atoms with Crippen molar-refractivity contribution in [3.05, 3.63) is 77.8 Å². The zero-order chi connectivity index (χ0) is 23.2. The van der Waals surface area contributed by atoms with Gasteiger partial charge < -0.3 is 10.1 Å². The van der Waals surface area contributed by atoms with Gasteiger partial charge in [0.15, 0.2) is 6.10 Å². The minimum atomic E-state index is -4.02. The van der Waals surface area contributed by atoms with Gasteiger partial charge in [0.2, 0.25) is 5.91 Å². The summed E-state index contributed by atoms with van der Waals surface area (Å²) in [6, 6.07) is 19.3. The van der Waals surface area contributed by atoms with Crippen LogP contribution in [0.2, 0.25) is 5.02 Å². The molecule has 0 radical (unpaired) electrons. The minimum absolute atomic E-state index is 0.0393. The van der Waals surface area contributed by atoms with Crippen LogP contribution in [0, 0.1) is 0 Å². The number of hydrogen-bond donors (Lipinski definition) is 1. The Hall–Kier alpha value is -3.56. The van der Waals surface area contributed by atoms with Crippen molar-refractivity contribution < 1.29 is 22.7 Å². The Labute approximate surface area is 195 Å². The second-order valence-corrected chi connectivity index (χ2v) is 9.85. The molecule has 2 heterocycles. The van der Waals surface area contributed by atoms with E-state index in [0.29, 0.717) is 22.1 Å². The van der Waals surface area contributed by atoms with E-state index in [9.17, 15) is 18.0 Å². The first-order chi connectivity index (χ1) is 15.8. The summed E-state index contributed by atoms with van der Waals surface area (Å²) in [5, 5.41) is 3.14. The number of rotatable bonds is 3. The van der Waals surface area contributed by atoms with E-state index in [2.05, 4.69) is 5.32 Å². The number of ether oxygens (including phenoxy) is 1. The molecule has 3 aromatic rings. The maximum absolute atomic E-state index is 13.5. The molecule has 0 aromatic heterocycles. The molecule has 2 amide bonds. The average molecular weight is 484 g/mol. The summed E-state index contributed by atoms with van der Waals surface area (Å²) >= 11 is 5.92. The smallest absolute Gasteiger partial charge is 0.270 e. The van der Waals surface area contributed by atoms with Crippen molar-refractivity contribution in [2.45, 2.75) is 11.0 Å². The SMILES string of the molecule is O=C1CN(C(=O)[C@H]2CN(S(=O)(=O)c3ccc(Cl)cc3)c3ccccc3O2)c2ccccc2N1. The third-order valence-electron chi connectivity index (χ3n) is 5.45. The summed E-state index contributed by atoms with van der Waals surface area (Å²) in [6.07, 6.45) is -1.15. The topological polar surface area (TPSA) is 96.0 Å². The molecule has 0 saturated heterocycles. The maximum Gasteiger partial charge on any atom is 0.270 e. The Morgan fingerprint density at radius 3 is 2.39 bits per heavy atom. The van der Waals surface area contributed by atoms with Gasteiger partial charge in [-0.05, 0) is 48.5 Å². The van der Waals surface area contributed by atoms with Crippen molar-refractivity contribution in [1.29, 1.82) is 0 Å². The zero-order valence-electron chi connectivity index (χ0n) is 17.1. The number of amides is 2. The van der Waals surface area contributed by atoms with Gasteiger partial charge in [-0.3, -0.25) is 18.8 Å². The molecule has 1 atom stereocenters. The highest BCUT2D eigenvalue weighted by Gasteiger charge is 2.40. The normalized spacial score (nSPS) is 17.5. The van der Waals surface area contributed by atoms with Crippen LogP contribution in [0.15, 0.2) is 77.7 Å². The highest BCUT2D eigenvalue weighted by Crippen LogP contribution is 2.38. The molecule has 8 nitrogen and oxygen atoms in total. The monoisotopic (exact) mass is 483 g/mol. The largest absolute Gasteiger partial charge is 0.476 e. The Morgan fingerprint density at radius 1 is 0.970 bits per heavy atom. The molecule has 2 aliphatic rings. The number of nitrogens with one attached hydrogen (secondary N) is 1. The van der Waals surface area contributed by atoms with E-state index in [4.69, 9.17) is 16.3 Å².